The van der Waals surface area contributed by atoms with Crippen molar-refractivity contribution in [3.63, 3.8) is 0 Å². The molecule has 0 saturated carbocycles. The standard InChI is InChI=1S/C12H16ClN5/c1-9-14-6-11(4-13)12(16-9)17(2)7-10-5-15-18(3)8-10/h5-6,8H,4,7H2,1-3H3. The van der Waals surface area contributed by atoms with E-state index in [0.717, 1.165) is 29.3 Å². The molecule has 2 heterocycles. The molecule has 6 heteroatoms. The average molecular weight is 266 g/mol. The summed E-state index contributed by atoms with van der Waals surface area (Å²) in [6.07, 6.45) is 5.63. The van der Waals surface area contributed by atoms with Gasteiger partial charge in [-0.3, -0.25) is 4.68 Å². The average Bonchev–Trinajstić information content (AvgIpc) is 2.74. The monoisotopic (exact) mass is 265 g/mol. The van der Waals surface area contributed by atoms with Crippen molar-refractivity contribution in [3.8, 4) is 0 Å². The number of halogens is 1. The molecule has 0 aromatic carbocycles. The van der Waals surface area contributed by atoms with E-state index in [1.807, 2.05) is 33.4 Å². The molecule has 0 aliphatic heterocycles. The van der Waals surface area contributed by atoms with E-state index in [1.54, 1.807) is 10.9 Å². The Hall–Kier alpha value is -1.62. The van der Waals surface area contributed by atoms with Crippen molar-refractivity contribution >= 4 is 17.4 Å². The molecule has 0 atom stereocenters. The summed E-state index contributed by atoms with van der Waals surface area (Å²) in [5.41, 5.74) is 2.07. The molecule has 2 rings (SSSR count). The smallest absolute Gasteiger partial charge is 0.136 e. The Morgan fingerprint density at radius 3 is 2.78 bits per heavy atom. The highest BCUT2D eigenvalue weighted by Gasteiger charge is 2.11. The fraction of sp³-hybridized carbons (Fsp3) is 0.417. The number of nitrogens with zero attached hydrogens (tertiary/aromatic N) is 5. The van der Waals surface area contributed by atoms with Gasteiger partial charge in [0.05, 0.1) is 12.1 Å². The quantitative estimate of drug-likeness (QED) is 0.792. The van der Waals surface area contributed by atoms with Crippen LogP contribution in [-0.4, -0.2) is 26.8 Å². The molecule has 0 spiro atoms. The molecule has 0 bridgehead atoms. The maximum Gasteiger partial charge on any atom is 0.136 e. The lowest BCUT2D eigenvalue weighted by Crippen LogP contribution is -2.19. The predicted octanol–water partition coefficient (Wildman–Crippen LogP) is 1.89. The third kappa shape index (κ3) is 2.79. The number of anilines is 1. The van der Waals surface area contributed by atoms with Crippen LogP contribution in [0.1, 0.15) is 17.0 Å². The SMILES string of the molecule is Cc1ncc(CCl)c(N(C)Cc2cnn(C)c2)n1. The zero-order valence-corrected chi connectivity index (χ0v) is 11.5. The molecule has 0 aliphatic rings. The Morgan fingerprint density at radius 1 is 1.39 bits per heavy atom. The fourth-order valence-electron chi connectivity index (χ4n) is 1.81. The van der Waals surface area contributed by atoms with Crippen molar-refractivity contribution in [1.29, 1.82) is 0 Å². The Morgan fingerprint density at radius 2 is 2.17 bits per heavy atom. The number of aryl methyl sites for hydroxylation is 2. The minimum Gasteiger partial charge on any atom is -0.355 e. The summed E-state index contributed by atoms with van der Waals surface area (Å²) in [7, 11) is 3.90. The van der Waals surface area contributed by atoms with E-state index in [9.17, 15) is 0 Å². The highest BCUT2D eigenvalue weighted by Crippen LogP contribution is 2.19. The largest absolute Gasteiger partial charge is 0.355 e. The molecule has 96 valence electrons. The van der Waals surface area contributed by atoms with Gasteiger partial charge in [0.2, 0.25) is 0 Å². The summed E-state index contributed by atoms with van der Waals surface area (Å²) >= 11 is 5.91. The van der Waals surface area contributed by atoms with E-state index in [0.29, 0.717) is 5.88 Å². The summed E-state index contributed by atoms with van der Waals surface area (Å²) in [4.78, 5) is 10.7. The maximum absolute atomic E-state index is 5.91. The molecule has 0 amide bonds. The summed E-state index contributed by atoms with van der Waals surface area (Å²) in [5.74, 6) is 2.03. The van der Waals surface area contributed by atoms with E-state index >= 15 is 0 Å². The lowest BCUT2D eigenvalue weighted by molar-refractivity contribution is 0.766. The van der Waals surface area contributed by atoms with Gasteiger partial charge in [0.15, 0.2) is 0 Å². The Labute approximate surface area is 111 Å². The molecule has 0 unspecified atom stereocenters. The first-order valence-corrected chi connectivity index (χ1v) is 6.20. The van der Waals surface area contributed by atoms with Crippen molar-refractivity contribution in [3.05, 3.63) is 35.5 Å². The van der Waals surface area contributed by atoms with Gasteiger partial charge in [-0.05, 0) is 6.92 Å². The number of hydrogen-bond acceptors (Lipinski definition) is 4. The molecule has 0 N–H and O–H groups in total. The molecule has 2 aromatic rings. The third-order valence-electron chi connectivity index (χ3n) is 2.65. The first-order valence-electron chi connectivity index (χ1n) is 5.67. The Kier molecular flexibility index (Phi) is 3.81. The predicted molar refractivity (Wildman–Crippen MR) is 71.6 cm³/mol. The minimum atomic E-state index is 0.410. The molecule has 5 nitrogen and oxygen atoms in total. The normalized spacial score (nSPS) is 10.7. The number of aromatic nitrogens is 4. The van der Waals surface area contributed by atoms with Gasteiger partial charge in [-0.15, -0.1) is 11.6 Å². The topological polar surface area (TPSA) is 46.8 Å². The van der Waals surface area contributed by atoms with Crippen LogP contribution >= 0.6 is 11.6 Å². The third-order valence-corrected chi connectivity index (χ3v) is 2.93. The van der Waals surface area contributed by atoms with Gasteiger partial charge in [-0.1, -0.05) is 0 Å². The van der Waals surface area contributed by atoms with Crippen LogP contribution in [0, 0.1) is 6.92 Å². The highest BCUT2D eigenvalue weighted by atomic mass is 35.5. The first-order chi connectivity index (χ1) is 8.60. The van der Waals surface area contributed by atoms with Crippen LogP contribution in [-0.2, 0) is 19.5 Å². The van der Waals surface area contributed by atoms with Crippen molar-refractivity contribution in [2.45, 2.75) is 19.3 Å². The highest BCUT2D eigenvalue weighted by molar-refractivity contribution is 6.17. The van der Waals surface area contributed by atoms with Gasteiger partial charge in [0, 0.05) is 44.2 Å². The number of rotatable bonds is 4. The zero-order valence-electron chi connectivity index (χ0n) is 10.8. The molecule has 0 saturated heterocycles. The summed E-state index contributed by atoms with van der Waals surface area (Å²) < 4.78 is 1.79. The van der Waals surface area contributed by atoms with Gasteiger partial charge in [0.25, 0.3) is 0 Å². The lowest BCUT2D eigenvalue weighted by Gasteiger charge is -2.19. The lowest BCUT2D eigenvalue weighted by atomic mass is 10.3. The maximum atomic E-state index is 5.91. The van der Waals surface area contributed by atoms with Gasteiger partial charge in [0.1, 0.15) is 11.6 Å². The number of hydrogen-bond donors (Lipinski definition) is 0. The number of alkyl halides is 1. The van der Waals surface area contributed by atoms with Crippen LogP contribution in [0.25, 0.3) is 0 Å². The molecule has 2 aromatic heterocycles. The summed E-state index contributed by atoms with van der Waals surface area (Å²) in [6.45, 7) is 2.62. The van der Waals surface area contributed by atoms with Crippen LogP contribution in [0.5, 0.6) is 0 Å². The first kappa shape index (κ1) is 12.8. The van der Waals surface area contributed by atoms with Crippen LogP contribution < -0.4 is 4.90 Å². The molecule has 0 fully saturated rings. The summed E-state index contributed by atoms with van der Waals surface area (Å²) in [6, 6.07) is 0. The van der Waals surface area contributed by atoms with Crippen LogP contribution in [0.4, 0.5) is 5.82 Å². The van der Waals surface area contributed by atoms with Gasteiger partial charge in [-0.25, -0.2) is 9.97 Å². The molecular weight excluding hydrogens is 250 g/mol. The van der Waals surface area contributed by atoms with E-state index in [1.165, 1.54) is 0 Å². The van der Waals surface area contributed by atoms with Crippen LogP contribution in [0.3, 0.4) is 0 Å². The fourth-order valence-corrected chi connectivity index (χ4v) is 2.00. The van der Waals surface area contributed by atoms with Crippen molar-refractivity contribution in [1.82, 2.24) is 19.7 Å². The van der Waals surface area contributed by atoms with Crippen LogP contribution in [0.2, 0.25) is 0 Å². The van der Waals surface area contributed by atoms with Gasteiger partial charge >= 0.3 is 0 Å². The van der Waals surface area contributed by atoms with Crippen molar-refractivity contribution in [2.75, 3.05) is 11.9 Å². The van der Waals surface area contributed by atoms with E-state index in [4.69, 9.17) is 11.6 Å². The van der Waals surface area contributed by atoms with Crippen molar-refractivity contribution < 1.29 is 0 Å². The molecule has 0 radical (unpaired) electrons. The molecule has 0 aliphatic carbocycles. The second-order valence-corrected chi connectivity index (χ2v) is 4.55. The minimum absolute atomic E-state index is 0.410. The van der Waals surface area contributed by atoms with Crippen molar-refractivity contribution in [2.24, 2.45) is 7.05 Å². The van der Waals surface area contributed by atoms with Gasteiger partial charge in [-0.2, -0.15) is 5.10 Å². The van der Waals surface area contributed by atoms with E-state index in [2.05, 4.69) is 20.0 Å². The van der Waals surface area contributed by atoms with Crippen LogP contribution in [0.15, 0.2) is 18.6 Å². The summed E-state index contributed by atoms with van der Waals surface area (Å²) in [5, 5.41) is 4.15. The second-order valence-electron chi connectivity index (χ2n) is 4.28. The zero-order chi connectivity index (χ0) is 13.1. The van der Waals surface area contributed by atoms with E-state index < -0.39 is 0 Å². The van der Waals surface area contributed by atoms with Gasteiger partial charge < -0.3 is 4.90 Å². The second kappa shape index (κ2) is 5.35. The molecule has 18 heavy (non-hydrogen) atoms. The Bertz CT molecular complexity index is 537. The molecular formula is C12H16ClN5. The Balaban J connectivity index is 2.22. The van der Waals surface area contributed by atoms with E-state index in [-0.39, 0.29) is 0 Å².